The highest BCUT2D eigenvalue weighted by atomic mass is 19.1. The molecule has 0 atom stereocenters. The maximum absolute atomic E-state index is 13.9. The van der Waals surface area contributed by atoms with Crippen molar-refractivity contribution >= 4 is 5.91 Å². The summed E-state index contributed by atoms with van der Waals surface area (Å²) in [6, 6.07) is 6.25. The van der Waals surface area contributed by atoms with Crippen LogP contribution in [0.2, 0.25) is 0 Å². The van der Waals surface area contributed by atoms with Gasteiger partial charge < -0.3 is 14.8 Å². The Kier molecular flexibility index (Phi) is 3.43. The lowest BCUT2D eigenvalue weighted by atomic mass is 10.1. The number of aromatic nitrogens is 1. The molecule has 0 radical (unpaired) electrons. The molecule has 108 valence electrons. The molecule has 0 saturated heterocycles. The van der Waals surface area contributed by atoms with Gasteiger partial charge in [-0.05, 0) is 29.8 Å². The van der Waals surface area contributed by atoms with Gasteiger partial charge in [-0.15, -0.1) is 0 Å². The molecule has 1 aliphatic heterocycles. The first kappa shape index (κ1) is 13.4. The predicted octanol–water partition coefficient (Wildman–Crippen LogP) is 2.05. The highest BCUT2D eigenvalue weighted by Gasteiger charge is 2.21. The predicted molar refractivity (Wildman–Crippen MR) is 72.7 cm³/mol. The van der Waals surface area contributed by atoms with Crippen LogP contribution in [0.1, 0.15) is 21.6 Å². The van der Waals surface area contributed by atoms with Crippen LogP contribution < -0.4 is 14.8 Å². The fraction of sp³-hybridized carbons (Fsp3) is 0.200. The number of methoxy groups -OCH3 is 1. The second-order valence-electron chi connectivity index (χ2n) is 4.60. The molecule has 0 fully saturated rings. The van der Waals surface area contributed by atoms with E-state index in [-0.39, 0.29) is 18.3 Å². The van der Waals surface area contributed by atoms with Crippen LogP contribution in [0.3, 0.4) is 0 Å². The zero-order chi connectivity index (χ0) is 14.8. The SMILES string of the molecule is COc1ccc(COc2cc3c(cc2F)C(=O)NC3)nc1. The van der Waals surface area contributed by atoms with Gasteiger partial charge in [0.05, 0.1) is 19.0 Å². The van der Waals surface area contributed by atoms with Gasteiger partial charge in [0.15, 0.2) is 11.6 Å². The number of benzene rings is 1. The Hall–Kier alpha value is -2.63. The van der Waals surface area contributed by atoms with E-state index in [0.29, 0.717) is 23.6 Å². The molecule has 0 bridgehead atoms. The summed E-state index contributed by atoms with van der Waals surface area (Å²) in [6.45, 7) is 0.534. The van der Waals surface area contributed by atoms with E-state index in [9.17, 15) is 9.18 Å². The Labute approximate surface area is 120 Å². The number of pyridine rings is 1. The molecule has 0 saturated carbocycles. The van der Waals surface area contributed by atoms with Crippen molar-refractivity contribution in [1.29, 1.82) is 0 Å². The molecule has 2 heterocycles. The molecule has 21 heavy (non-hydrogen) atoms. The summed E-state index contributed by atoms with van der Waals surface area (Å²) in [4.78, 5) is 15.6. The molecule has 0 spiro atoms. The molecule has 5 nitrogen and oxygen atoms in total. The molecular formula is C15H13FN2O3. The number of nitrogens with one attached hydrogen (secondary N) is 1. The van der Waals surface area contributed by atoms with Crippen molar-refractivity contribution in [2.75, 3.05) is 7.11 Å². The van der Waals surface area contributed by atoms with Gasteiger partial charge in [-0.3, -0.25) is 9.78 Å². The number of ether oxygens (including phenoxy) is 2. The second kappa shape index (κ2) is 5.40. The minimum Gasteiger partial charge on any atom is -0.495 e. The Morgan fingerprint density at radius 2 is 2.24 bits per heavy atom. The largest absolute Gasteiger partial charge is 0.495 e. The Morgan fingerprint density at radius 1 is 1.38 bits per heavy atom. The molecule has 1 amide bonds. The van der Waals surface area contributed by atoms with E-state index in [1.165, 1.54) is 6.07 Å². The maximum atomic E-state index is 13.9. The van der Waals surface area contributed by atoms with Gasteiger partial charge in [-0.1, -0.05) is 0 Å². The number of nitrogens with zero attached hydrogens (tertiary/aromatic N) is 1. The lowest BCUT2D eigenvalue weighted by Crippen LogP contribution is -2.12. The molecule has 2 aromatic rings. The van der Waals surface area contributed by atoms with E-state index >= 15 is 0 Å². The number of hydrogen-bond acceptors (Lipinski definition) is 4. The fourth-order valence-electron chi connectivity index (χ4n) is 2.10. The Morgan fingerprint density at radius 3 is 2.95 bits per heavy atom. The average Bonchev–Trinajstić information content (AvgIpc) is 2.86. The number of carbonyl (C=O) groups excluding carboxylic acids is 1. The van der Waals surface area contributed by atoms with Crippen LogP contribution >= 0.6 is 0 Å². The maximum Gasteiger partial charge on any atom is 0.252 e. The third-order valence-corrected chi connectivity index (χ3v) is 3.25. The lowest BCUT2D eigenvalue weighted by molar-refractivity contribution is 0.0965. The van der Waals surface area contributed by atoms with Crippen molar-refractivity contribution < 1.29 is 18.7 Å². The van der Waals surface area contributed by atoms with Crippen LogP contribution in [0, 0.1) is 5.82 Å². The number of halogens is 1. The van der Waals surface area contributed by atoms with Gasteiger partial charge in [0.1, 0.15) is 12.4 Å². The normalized spacial score (nSPS) is 12.8. The van der Waals surface area contributed by atoms with Gasteiger partial charge >= 0.3 is 0 Å². The summed E-state index contributed by atoms with van der Waals surface area (Å²) in [5, 5.41) is 2.64. The lowest BCUT2D eigenvalue weighted by Gasteiger charge is -2.08. The third kappa shape index (κ3) is 2.65. The number of hydrogen-bond donors (Lipinski definition) is 1. The topological polar surface area (TPSA) is 60.5 Å². The zero-order valence-electron chi connectivity index (χ0n) is 11.4. The zero-order valence-corrected chi connectivity index (χ0v) is 11.4. The van der Waals surface area contributed by atoms with Gasteiger partial charge in [-0.2, -0.15) is 0 Å². The van der Waals surface area contributed by atoms with Crippen molar-refractivity contribution in [2.45, 2.75) is 13.2 Å². The highest BCUT2D eigenvalue weighted by molar-refractivity contribution is 5.98. The van der Waals surface area contributed by atoms with Crippen molar-refractivity contribution in [3.8, 4) is 11.5 Å². The van der Waals surface area contributed by atoms with Crippen molar-refractivity contribution in [3.05, 3.63) is 53.1 Å². The van der Waals surface area contributed by atoms with Crippen LogP contribution in [-0.4, -0.2) is 18.0 Å². The van der Waals surface area contributed by atoms with E-state index in [0.717, 1.165) is 5.56 Å². The minimum absolute atomic E-state index is 0.114. The summed E-state index contributed by atoms with van der Waals surface area (Å²) < 4.78 is 24.3. The van der Waals surface area contributed by atoms with E-state index in [4.69, 9.17) is 9.47 Å². The van der Waals surface area contributed by atoms with E-state index in [1.54, 1.807) is 31.5 Å². The smallest absolute Gasteiger partial charge is 0.252 e. The molecule has 1 aromatic heterocycles. The van der Waals surface area contributed by atoms with Gasteiger partial charge in [0.25, 0.3) is 5.91 Å². The van der Waals surface area contributed by atoms with Crippen LogP contribution in [0.25, 0.3) is 0 Å². The summed E-state index contributed by atoms with van der Waals surface area (Å²) in [7, 11) is 1.56. The molecule has 3 rings (SSSR count). The first-order chi connectivity index (χ1) is 10.2. The Bertz CT molecular complexity index is 686. The molecule has 1 aromatic carbocycles. The van der Waals surface area contributed by atoms with Gasteiger partial charge in [-0.25, -0.2) is 4.39 Å². The van der Waals surface area contributed by atoms with E-state index in [1.807, 2.05) is 0 Å². The van der Waals surface area contributed by atoms with Crippen molar-refractivity contribution in [2.24, 2.45) is 0 Å². The van der Waals surface area contributed by atoms with Crippen molar-refractivity contribution in [3.63, 3.8) is 0 Å². The molecule has 0 unspecified atom stereocenters. The quantitative estimate of drug-likeness (QED) is 0.935. The molecule has 1 N–H and O–H groups in total. The number of fused-ring (bicyclic) bond motifs is 1. The first-order valence-electron chi connectivity index (χ1n) is 6.39. The molecule has 0 aliphatic carbocycles. The minimum atomic E-state index is -0.556. The number of amides is 1. The van der Waals surface area contributed by atoms with Crippen LogP contribution in [0.15, 0.2) is 30.5 Å². The average molecular weight is 288 g/mol. The monoisotopic (exact) mass is 288 g/mol. The summed E-state index contributed by atoms with van der Waals surface area (Å²) in [5.74, 6) is -0.0542. The summed E-state index contributed by atoms with van der Waals surface area (Å²) in [5.41, 5.74) is 1.76. The molecular weight excluding hydrogens is 275 g/mol. The number of carbonyl (C=O) groups is 1. The van der Waals surface area contributed by atoms with Gasteiger partial charge in [0, 0.05) is 12.1 Å². The summed E-state index contributed by atoms with van der Waals surface area (Å²) in [6.07, 6.45) is 1.57. The van der Waals surface area contributed by atoms with E-state index < -0.39 is 5.82 Å². The first-order valence-corrected chi connectivity index (χ1v) is 6.39. The van der Waals surface area contributed by atoms with Crippen molar-refractivity contribution in [1.82, 2.24) is 10.3 Å². The Balaban J connectivity index is 1.74. The number of rotatable bonds is 4. The van der Waals surface area contributed by atoms with Crippen LogP contribution in [-0.2, 0) is 13.2 Å². The third-order valence-electron chi connectivity index (χ3n) is 3.25. The van der Waals surface area contributed by atoms with Crippen LogP contribution in [0.5, 0.6) is 11.5 Å². The second-order valence-corrected chi connectivity index (χ2v) is 4.60. The van der Waals surface area contributed by atoms with Gasteiger partial charge in [0.2, 0.25) is 0 Å². The van der Waals surface area contributed by atoms with E-state index in [2.05, 4.69) is 10.3 Å². The van der Waals surface area contributed by atoms with Crippen LogP contribution in [0.4, 0.5) is 4.39 Å². The molecule has 1 aliphatic rings. The highest BCUT2D eigenvalue weighted by Crippen LogP contribution is 2.26. The summed E-state index contributed by atoms with van der Waals surface area (Å²) >= 11 is 0. The molecule has 6 heteroatoms. The fourth-order valence-corrected chi connectivity index (χ4v) is 2.10. The standard InChI is InChI=1S/C15H13FN2O3/c1-20-11-3-2-10(17-7-11)8-21-14-4-9-6-18-15(19)12(9)5-13(14)16/h2-5,7H,6,8H2,1H3,(H,18,19).